The zero-order valence-corrected chi connectivity index (χ0v) is 12.7. The number of nitro groups is 1. The van der Waals surface area contributed by atoms with Gasteiger partial charge in [0.25, 0.3) is 0 Å². The summed E-state index contributed by atoms with van der Waals surface area (Å²) in [5.41, 5.74) is 1.39. The smallest absolute Gasteiger partial charge is 0.315 e. The molecule has 0 spiro atoms. The predicted molar refractivity (Wildman–Crippen MR) is 86.9 cm³/mol. The minimum absolute atomic E-state index is 0.164. The molecule has 1 aromatic rings. The lowest BCUT2D eigenvalue weighted by molar-refractivity contribution is -0.383. The number of nitro benzene ring substituents is 1. The van der Waals surface area contributed by atoms with Crippen molar-refractivity contribution in [2.75, 3.05) is 23.7 Å². The van der Waals surface area contributed by atoms with Gasteiger partial charge in [-0.05, 0) is 30.9 Å². The van der Waals surface area contributed by atoms with Crippen LogP contribution < -0.4 is 10.6 Å². The fourth-order valence-corrected chi connectivity index (χ4v) is 3.00. The van der Waals surface area contributed by atoms with Crippen LogP contribution in [0, 0.1) is 16.0 Å². The summed E-state index contributed by atoms with van der Waals surface area (Å²) in [6.45, 7) is 3.59. The van der Waals surface area contributed by atoms with E-state index in [4.69, 9.17) is 0 Å². The van der Waals surface area contributed by atoms with Crippen LogP contribution in [-0.4, -0.2) is 18.0 Å². The van der Waals surface area contributed by atoms with Gasteiger partial charge in [0.15, 0.2) is 0 Å². The Bertz CT molecular complexity index is 471. The van der Waals surface area contributed by atoms with Gasteiger partial charge in [-0.1, -0.05) is 38.7 Å². The van der Waals surface area contributed by atoms with Crippen LogP contribution in [0.3, 0.4) is 0 Å². The summed E-state index contributed by atoms with van der Waals surface area (Å²) in [4.78, 5) is 11.1. The third-order valence-corrected chi connectivity index (χ3v) is 4.13. The zero-order chi connectivity index (χ0) is 15.1. The maximum Gasteiger partial charge on any atom is 0.315 e. The number of hydrogen-bond acceptors (Lipinski definition) is 4. The Balaban J connectivity index is 2.01. The van der Waals surface area contributed by atoms with Gasteiger partial charge in [0, 0.05) is 13.1 Å². The first-order valence-corrected chi connectivity index (χ1v) is 7.97. The van der Waals surface area contributed by atoms with Gasteiger partial charge in [-0.2, -0.15) is 0 Å². The molecule has 0 heterocycles. The van der Waals surface area contributed by atoms with E-state index in [0.29, 0.717) is 11.4 Å². The SMILES string of the molecule is CCCNc1cccc(NCCC2CCCC2)c1[N+](=O)[O-]. The van der Waals surface area contributed by atoms with Gasteiger partial charge in [0.2, 0.25) is 0 Å². The second-order valence-electron chi connectivity index (χ2n) is 5.75. The maximum absolute atomic E-state index is 11.4. The van der Waals surface area contributed by atoms with Gasteiger partial charge in [-0.15, -0.1) is 0 Å². The molecule has 5 heteroatoms. The van der Waals surface area contributed by atoms with E-state index in [1.807, 2.05) is 13.0 Å². The number of nitrogens with one attached hydrogen (secondary N) is 2. The van der Waals surface area contributed by atoms with Crippen LogP contribution in [0.5, 0.6) is 0 Å². The first kappa shape index (κ1) is 15.6. The molecular weight excluding hydrogens is 266 g/mol. The van der Waals surface area contributed by atoms with E-state index in [-0.39, 0.29) is 10.6 Å². The highest BCUT2D eigenvalue weighted by molar-refractivity contribution is 5.76. The zero-order valence-electron chi connectivity index (χ0n) is 12.7. The molecule has 0 aliphatic heterocycles. The van der Waals surface area contributed by atoms with Gasteiger partial charge in [-0.3, -0.25) is 10.1 Å². The van der Waals surface area contributed by atoms with Crippen molar-refractivity contribution in [1.82, 2.24) is 0 Å². The van der Waals surface area contributed by atoms with Crippen molar-refractivity contribution < 1.29 is 4.92 Å². The highest BCUT2D eigenvalue weighted by Gasteiger charge is 2.20. The maximum atomic E-state index is 11.4. The lowest BCUT2D eigenvalue weighted by Crippen LogP contribution is -2.10. The molecule has 2 N–H and O–H groups in total. The lowest BCUT2D eigenvalue weighted by Gasteiger charge is -2.13. The second kappa shape index (κ2) is 7.86. The van der Waals surface area contributed by atoms with Crippen molar-refractivity contribution in [3.8, 4) is 0 Å². The first-order valence-electron chi connectivity index (χ1n) is 7.97. The molecule has 21 heavy (non-hydrogen) atoms. The molecule has 0 aromatic heterocycles. The molecule has 0 atom stereocenters. The number of hydrogen-bond donors (Lipinski definition) is 2. The van der Waals surface area contributed by atoms with Crippen LogP contribution in [-0.2, 0) is 0 Å². The van der Waals surface area contributed by atoms with E-state index < -0.39 is 0 Å². The Morgan fingerprint density at radius 1 is 1.19 bits per heavy atom. The number of nitrogens with zero attached hydrogens (tertiary/aromatic N) is 1. The minimum Gasteiger partial charge on any atom is -0.379 e. The third kappa shape index (κ3) is 4.34. The minimum atomic E-state index is -0.296. The van der Waals surface area contributed by atoms with E-state index in [1.165, 1.54) is 25.7 Å². The molecule has 0 radical (unpaired) electrons. The summed E-state index contributed by atoms with van der Waals surface area (Å²) in [6.07, 6.45) is 7.33. The normalized spacial score (nSPS) is 15.1. The van der Waals surface area contributed by atoms with E-state index in [0.717, 1.165) is 31.8 Å². The molecule has 1 fully saturated rings. The number of benzene rings is 1. The van der Waals surface area contributed by atoms with E-state index in [2.05, 4.69) is 10.6 Å². The van der Waals surface area contributed by atoms with Crippen molar-refractivity contribution in [3.63, 3.8) is 0 Å². The molecule has 0 saturated heterocycles. The van der Waals surface area contributed by atoms with Crippen LogP contribution in [0.25, 0.3) is 0 Å². The molecule has 2 rings (SSSR count). The Morgan fingerprint density at radius 2 is 1.81 bits per heavy atom. The average molecular weight is 291 g/mol. The Hall–Kier alpha value is -1.78. The van der Waals surface area contributed by atoms with E-state index >= 15 is 0 Å². The summed E-state index contributed by atoms with van der Waals surface area (Å²) in [5, 5.41) is 17.7. The predicted octanol–water partition coefficient (Wildman–Crippen LogP) is 4.41. The fourth-order valence-electron chi connectivity index (χ4n) is 3.00. The summed E-state index contributed by atoms with van der Waals surface area (Å²) < 4.78 is 0. The van der Waals surface area contributed by atoms with Crippen molar-refractivity contribution >= 4 is 17.1 Å². The van der Waals surface area contributed by atoms with Crippen LogP contribution in [0.1, 0.15) is 45.4 Å². The molecule has 1 aliphatic rings. The topological polar surface area (TPSA) is 67.2 Å². The van der Waals surface area contributed by atoms with Crippen molar-refractivity contribution in [2.45, 2.75) is 45.4 Å². The van der Waals surface area contributed by atoms with Crippen molar-refractivity contribution in [1.29, 1.82) is 0 Å². The molecule has 1 saturated carbocycles. The Labute approximate surface area is 126 Å². The molecule has 5 nitrogen and oxygen atoms in total. The quantitative estimate of drug-likeness (QED) is 0.550. The van der Waals surface area contributed by atoms with Gasteiger partial charge in [0.05, 0.1) is 4.92 Å². The van der Waals surface area contributed by atoms with E-state index in [1.54, 1.807) is 12.1 Å². The molecule has 0 amide bonds. The van der Waals surface area contributed by atoms with Gasteiger partial charge in [0.1, 0.15) is 11.4 Å². The van der Waals surface area contributed by atoms with Gasteiger partial charge < -0.3 is 10.6 Å². The Kier molecular flexibility index (Phi) is 5.84. The molecule has 1 aromatic carbocycles. The highest BCUT2D eigenvalue weighted by Crippen LogP contribution is 2.33. The summed E-state index contributed by atoms with van der Waals surface area (Å²) in [6, 6.07) is 5.43. The molecule has 0 bridgehead atoms. The van der Waals surface area contributed by atoms with Crippen molar-refractivity contribution in [2.24, 2.45) is 5.92 Å². The number of anilines is 2. The molecule has 1 aliphatic carbocycles. The summed E-state index contributed by atoms with van der Waals surface area (Å²) in [7, 11) is 0. The van der Waals surface area contributed by atoms with E-state index in [9.17, 15) is 10.1 Å². The monoisotopic (exact) mass is 291 g/mol. The third-order valence-electron chi connectivity index (χ3n) is 4.13. The lowest BCUT2D eigenvalue weighted by atomic mass is 10.0. The number of para-hydroxylation sites is 1. The largest absolute Gasteiger partial charge is 0.379 e. The van der Waals surface area contributed by atoms with Crippen LogP contribution in [0.15, 0.2) is 18.2 Å². The second-order valence-corrected chi connectivity index (χ2v) is 5.75. The summed E-state index contributed by atoms with van der Waals surface area (Å²) >= 11 is 0. The first-order chi connectivity index (χ1) is 10.2. The highest BCUT2D eigenvalue weighted by atomic mass is 16.6. The van der Waals surface area contributed by atoms with Crippen molar-refractivity contribution in [3.05, 3.63) is 28.3 Å². The average Bonchev–Trinajstić information content (AvgIpc) is 2.98. The molecular formula is C16H25N3O2. The van der Waals surface area contributed by atoms with Crippen LogP contribution in [0.4, 0.5) is 17.1 Å². The summed E-state index contributed by atoms with van der Waals surface area (Å²) in [5.74, 6) is 0.790. The van der Waals surface area contributed by atoms with Gasteiger partial charge >= 0.3 is 5.69 Å². The number of rotatable bonds is 8. The fraction of sp³-hybridized carbons (Fsp3) is 0.625. The Morgan fingerprint density at radius 3 is 2.38 bits per heavy atom. The molecule has 0 unspecified atom stereocenters. The van der Waals surface area contributed by atoms with Crippen LogP contribution in [0.2, 0.25) is 0 Å². The van der Waals surface area contributed by atoms with Gasteiger partial charge in [-0.25, -0.2) is 0 Å². The van der Waals surface area contributed by atoms with Crippen LogP contribution >= 0.6 is 0 Å². The standard InChI is InChI=1S/C16H25N3O2/c1-2-11-17-14-8-5-9-15(16(14)19(20)21)18-12-10-13-6-3-4-7-13/h5,8-9,13,17-18H,2-4,6-7,10-12H2,1H3. The molecule has 116 valence electrons.